The molecule has 0 aliphatic carbocycles. The van der Waals surface area contributed by atoms with Crippen LogP contribution in [0, 0.1) is 28.6 Å². The number of nitrogens with zero attached hydrogens (tertiary/aromatic N) is 6. The molecule has 5 amide bonds. The zero-order valence-corrected chi connectivity index (χ0v) is 54.6. The fourth-order valence-electron chi connectivity index (χ4n) is 12.3. The van der Waals surface area contributed by atoms with Gasteiger partial charge in [-0.1, -0.05) is 59.4 Å². The van der Waals surface area contributed by atoms with Crippen LogP contribution in [0.2, 0.25) is 0 Å². The first-order chi connectivity index (χ1) is 42.2. The lowest BCUT2D eigenvalue weighted by Gasteiger charge is -2.44. The number of pyridine rings is 1. The minimum absolute atomic E-state index is 0.0683. The number of thiocarbonyl (C=S) groups is 2. The molecule has 3 aromatic heterocycles. The molecule has 2 N–H and O–H groups in total. The number of aryl methyl sites for hydroxylation is 1. The largest absolute Gasteiger partial charge is 0.484 e. The van der Waals surface area contributed by atoms with Crippen LogP contribution in [0.15, 0.2) is 65.7 Å². The maximum absolute atomic E-state index is 16.6. The number of piperidine rings is 2. The molecule has 2 aromatic carbocycles. The summed E-state index contributed by atoms with van der Waals surface area (Å²) in [6, 6.07) is 10.2. The molecular weight excluding hydrogens is 1220 g/mol. The Balaban J connectivity index is 0.721. The van der Waals surface area contributed by atoms with Crippen molar-refractivity contribution in [1.29, 1.82) is 0 Å². The number of hydrogen-bond acceptors (Lipinski definition) is 16. The topological polar surface area (TPSA) is 213 Å². The van der Waals surface area contributed by atoms with Crippen LogP contribution in [0.3, 0.4) is 0 Å². The number of fused-ring (bicyclic) bond motifs is 3. The minimum Gasteiger partial charge on any atom is -0.484 e. The number of carbonyl (C=O) groups is 5. The van der Waals surface area contributed by atoms with Gasteiger partial charge >= 0.3 is 18.9 Å². The molecule has 5 aliphatic rings. The van der Waals surface area contributed by atoms with E-state index < -0.39 is 72.8 Å². The molecule has 5 fully saturated rings. The third-order valence-corrected chi connectivity index (χ3v) is 22.0. The molecule has 0 bridgehead atoms. The molecule has 10 rings (SSSR count). The maximum Gasteiger partial charge on any atom is 0.404 e. The molecule has 19 nitrogen and oxygen atoms in total. The molecule has 0 saturated carbocycles. The van der Waals surface area contributed by atoms with Crippen LogP contribution < -0.4 is 21.2 Å². The van der Waals surface area contributed by atoms with E-state index in [0.717, 1.165) is 79.1 Å². The summed E-state index contributed by atoms with van der Waals surface area (Å²) in [5.41, 5.74) is -1.90. The van der Waals surface area contributed by atoms with E-state index in [-0.39, 0.29) is 81.8 Å². The minimum atomic E-state index is -5.29. The van der Waals surface area contributed by atoms with Gasteiger partial charge in [0.1, 0.15) is 31.3 Å². The van der Waals surface area contributed by atoms with Crippen molar-refractivity contribution in [2.75, 3.05) is 57.5 Å². The summed E-state index contributed by atoms with van der Waals surface area (Å²) in [5, 5.41) is 5.99. The highest BCUT2D eigenvalue weighted by molar-refractivity contribution is 7.80. The van der Waals surface area contributed by atoms with Crippen LogP contribution in [0.5, 0.6) is 0 Å². The lowest BCUT2D eigenvalue weighted by Crippen LogP contribution is -2.58. The Hall–Kier alpha value is -6.48. The number of thiophene rings is 1. The molecule has 1 unspecified atom stereocenters. The second-order valence-electron chi connectivity index (χ2n) is 25.8. The third-order valence-electron chi connectivity index (χ3n) is 17.4. The van der Waals surface area contributed by atoms with Gasteiger partial charge in [0.25, 0.3) is 5.91 Å². The van der Waals surface area contributed by atoms with Crippen LogP contribution in [0.4, 0.5) is 14.5 Å². The van der Waals surface area contributed by atoms with Crippen molar-refractivity contribution in [3.8, 4) is 11.8 Å². The van der Waals surface area contributed by atoms with Crippen molar-refractivity contribution in [3.05, 3.63) is 93.0 Å². The van der Waals surface area contributed by atoms with E-state index in [9.17, 15) is 33.3 Å². The van der Waals surface area contributed by atoms with E-state index in [1.165, 1.54) is 21.3 Å². The molecule has 476 valence electrons. The van der Waals surface area contributed by atoms with Gasteiger partial charge in [0.05, 0.1) is 29.1 Å². The number of nitrogens with one attached hydrogen (secondary N) is 2. The molecule has 4 atom stereocenters. The number of rotatable bonds is 18. The van der Waals surface area contributed by atoms with Gasteiger partial charge in [-0.3, -0.25) is 48.0 Å². The number of imidazole rings is 1. The first-order valence-corrected chi connectivity index (χ1v) is 33.7. The van der Waals surface area contributed by atoms with Crippen molar-refractivity contribution < 1.29 is 55.8 Å². The highest BCUT2D eigenvalue weighted by Gasteiger charge is 2.55. The van der Waals surface area contributed by atoms with Gasteiger partial charge in [0, 0.05) is 108 Å². The summed E-state index contributed by atoms with van der Waals surface area (Å²) in [7, 11) is -3.62. The van der Waals surface area contributed by atoms with Gasteiger partial charge in [-0.15, -0.1) is 11.3 Å². The number of halogens is 2. The zero-order chi connectivity index (χ0) is 63.7. The fourth-order valence-corrected chi connectivity index (χ4v) is 14.9. The quantitative estimate of drug-likeness (QED) is 0.0275. The van der Waals surface area contributed by atoms with Crippen molar-refractivity contribution >= 4 is 110 Å². The van der Waals surface area contributed by atoms with E-state index in [0.29, 0.717) is 66.8 Å². The van der Waals surface area contributed by atoms with Crippen molar-refractivity contribution in [1.82, 2.24) is 34.6 Å². The third kappa shape index (κ3) is 14.2. The van der Waals surface area contributed by atoms with Gasteiger partial charge in [0.15, 0.2) is 10.1 Å². The average Bonchev–Trinajstić information content (AvgIpc) is 2.11. The Morgan fingerprint density at radius 3 is 2.21 bits per heavy atom. The van der Waals surface area contributed by atoms with E-state index in [1.54, 1.807) is 11.9 Å². The van der Waals surface area contributed by atoms with E-state index in [4.69, 9.17) is 43.0 Å². The lowest BCUT2D eigenvalue weighted by molar-refractivity contribution is -0.148. The van der Waals surface area contributed by atoms with Crippen LogP contribution in [-0.4, -0.2) is 134 Å². The van der Waals surface area contributed by atoms with E-state index in [2.05, 4.69) is 38.4 Å². The second kappa shape index (κ2) is 26.8. The monoisotopic (exact) mass is 1300 g/mol. The van der Waals surface area contributed by atoms with Gasteiger partial charge in [-0.05, 0) is 136 Å². The number of carbonyl (C=O) groups excluding carboxylic acids is 5. The number of ether oxygens (including phenoxy) is 2. The molecule has 8 heterocycles. The number of hydrogen-bond donors (Lipinski definition) is 2. The molecule has 5 saturated heterocycles. The normalized spacial score (nSPS) is 20.6. The Morgan fingerprint density at radius 1 is 0.843 bits per heavy atom. The summed E-state index contributed by atoms with van der Waals surface area (Å²) >= 11 is 11.7. The van der Waals surface area contributed by atoms with Crippen LogP contribution in [-0.2, 0) is 55.0 Å². The molecular formula is C64H77F2N8O11PS3. The predicted molar refractivity (Wildman–Crippen MR) is 343 cm³/mol. The molecule has 5 aromatic rings. The van der Waals surface area contributed by atoms with Crippen LogP contribution in [0.1, 0.15) is 150 Å². The fraction of sp³-hybridized carbons (Fsp3) is 0.547. The van der Waals surface area contributed by atoms with Gasteiger partial charge in [0.2, 0.25) is 23.6 Å². The number of aromatic nitrogens is 3. The summed E-state index contributed by atoms with van der Waals surface area (Å²) in [6.45, 7) is 12.2. The first kappa shape index (κ1) is 65.5. The predicted octanol–water partition coefficient (Wildman–Crippen LogP) is 10.3. The Bertz CT molecular complexity index is 3720. The Morgan fingerprint density at radius 2 is 1.54 bits per heavy atom. The van der Waals surface area contributed by atoms with Gasteiger partial charge < -0.3 is 38.5 Å². The lowest BCUT2D eigenvalue weighted by atomic mass is 9.88. The number of amides is 5. The van der Waals surface area contributed by atoms with Gasteiger partial charge in [-0.2, -0.15) is 8.78 Å². The standard InChI is InChI=1S/C64H77F2N8O11PS3/c1-62(2,3)59(87)82-29-31-84-86(81,85-32-30-83-60(88)63(4,5)6)64(65,66)43-16-21-52-41(34-43)35-53(89-52)56(77)68-46-14-10-13-44-17-19-50(73(44)57(46)78)58(79)72-37-42(38-72)45-36-67-26-23-47(45)71-27-24-39(25-28-71)11-8-9-12-40-15-18-48-51(33-40)70(7)61(80)74(48)49-20-22-54(75)69-55(49)76/h15-16,18,21,23,26,33-36,39,42,44,46,49-50H,8,10-11,13-14,17,19-20,22,24-25,27-32,37-38H2,1-7H3,(H,68,77)(H,69,75,76)/t44-,46-,49?,50-/m0/s1. The molecule has 0 radical (unpaired) electrons. The Labute approximate surface area is 531 Å². The zero-order valence-electron chi connectivity index (χ0n) is 51.3. The summed E-state index contributed by atoms with van der Waals surface area (Å²) in [5.74, 6) is 5.37. The molecule has 25 heteroatoms. The first-order valence-electron chi connectivity index (χ1n) is 30.5. The number of anilines is 1. The molecule has 5 aliphatic heterocycles. The highest BCUT2D eigenvalue weighted by Crippen LogP contribution is 2.67. The van der Waals surface area contributed by atoms with Crippen molar-refractivity contribution in [2.24, 2.45) is 23.8 Å². The SMILES string of the molecule is Cn1c(=O)n(C2CCC(=O)NC2=O)c2ccc(C#CCCC3CCN(c4ccncc4C4CN(C(=O)[C@@H]5CC[C@@H]6CCC[C@H](NC(=O)c7cc8cc(C(F)(F)P(=O)(OCCOC(=S)C(C)(C)C)OCCOC(=S)C(C)(C)C)ccc8s7)C(=O)N65)C4)CC3)cc21. The van der Waals surface area contributed by atoms with Crippen LogP contribution >= 0.6 is 43.4 Å². The van der Waals surface area contributed by atoms with E-state index >= 15 is 8.78 Å². The van der Waals surface area contributed by atoms with Gasteiger partial charge in [-0.25, -0.2) is 4.79 Å². The molecule has 0 spiro atoms. The molecule has 89 heavy (non-hydrogen) atoms. The number of benzene rings is 2. The summed E-state index contributed by atoms with van der Waals surface area (Å²) in [6.07, 6.45) is 10.7. The average molecular weight is 1300 g/mol. The van der Waals surface area contributed by atoms with E-state index in [1.807, 2.05) is 77.0 Å². The van der Waals surface area contributed by atoms with Crippen molar-refractivity contribution in [2.45, 2.75) is 148 Å². The second-order valence-corrected chi connectivity index (χ2v) is 29.7. The van der Waals surface area contributed by atoms with Crippen LogP contribution in [0.25, 0.3) is 21.1 Å². The summed E-state index contributed by atoms with van der Waals surface area (Å²) < 4.78 is 72.8. The summed E-state index contributed by atoms with van der Waals surface area (Å²) in [4.78, 5) is 91.2. The number of alkyl halides is 2. The van der Waals surface area contributed by atoms with Crippen molar-refractivity contribution in [3.63, 3.8) is 0 Å². The highest BCUT2D eigenvalue weighted by atomic mass is 32.1. The Kier molecular flexibility index (Phi) is 19.7. The number of imide groups is 1. The number of likely N-dealkylation sites (tertiary alicyclic amines) is 1. The smallest absolute Gasteiger partial charge is 0.404 e. The maximum atomic E-state index is 16.6.